The van der Waals surface area contributed by atoms with E-state index >= 15 is 0 Å². The number of fused-ring (bicyclic) bond motifs is 1. The molecule has 29 heavy (non-hydrogen) atoms. The SMILES string of the molecule is Cc1cc(Nc2ccc3nnc(-c4ccsc4)n3n2)ccc1OC1CCOCC1. The van der Waals surface area contributed by atoms with Gasteiger partial charge in [-0.2, -0.15) is 15.9 Å². The third-order valence-electron chi connectivity index (χ3n) is 4.95. The molecule has 1 aliphatic rings. The van der Waals surface area contributed by atoms with Crippen LogP contribution in [0.1, 0.15) is 18.4 Å². The Kier molecular flexibility index (Phi) is 4.87. The van der Waals surface area contributed by atoms with E-state index in [-0.39, 0.29) is 6.10 Å². The van der Waals surface area contributed by atoms with E-state index in [0.29, 0.717) is 5.65 Å². The average Bonchev–Trinajstić information content (AvgIpc) is 3.40. The molecule has 1 aromatic carbocycles. The van der Waals surface area contributed by atoms with Gasteiger partial charge >= 0.3 is 0 Å². The molecule has 1 saturated heterocycles. The van der Waals surface area contributed by atoms with Crippen LogP contribution in [0.4, 0.5) is 11.5 Å². The lowest BCUT2D eigenvalue weighted by Gasteiger charge is -2.24. The largest absolute Gasteiger partial charge is 0.490 e. The van der Waals surface area contributed by atoms with Crippen molar-refractivity contribution in [3.63, 3.8) is 0 Å². The van der Waals surface area contributed by atoms with E-state index < -0.39 is 0 Å². The number of thiophene rings is 1. The number of aromatic nitrogens is 4. The molecule has 5 rings (SSSR count). The van der Waals surface area contributed by atoms with Crippen LogP contribution in [0, 0.1) is 6.92 Å². The number of hydrogen-bond acceptors (Lipinski definition) is 7. The summed E-state index contributed by atoms with van der Waals surface area (Å²) in [5.41, 5.74) is 3.77. The van der Waals surface area contributed by atoms with Gasteiger partial charge in [-0.15, -0.1) is 15.3 Å². The number of hydrogen-bond donors (Lipinski definition) is 1. The van der Waals surface area contributed by atoms with Crippen LogP contribution in [0.25, 0.3) is 17.0 Å². The molecule has 4 aromatic rings. The van der Waals surface area contributed by atoms with Gasteiger partial charge < -0.3 is 14.8 Å². The predicted octanol–water partition coefficient (Wildman–Crippen LogP) is 4.46. The highest BCUT2D eigenvalue weighted by Gasteiger charge is 2.16. The fourth-order valence-corrected chi connectivity index (χ4v) is 4.04. The highest BCUT2D eigenvalue weighted by Crippen LogP contribution is 2.27. The fourth-order valence-electron chi connectivity index (χ4n) is 3.41. The summed E-state index contributed by atoms with van der Waals surface area (Å²) >= 11 is 1.63. The lowest BCUT2D eigenvalue weighted by atomic mass is 10.1. The average molecular weight is 407 g/mol. The van der Waals surface area contributed by atoms with Crippen molar-refractivity contribution in [2.24, 2.45) is 0 Å². The zero-order chi connectivity index (χ0) is 19.6. The van der Waals surface area contributed by atoms with Crippen molar-refractivity contribution in [1.82, 2.24) is 19.8 Å². The molecule has 1 fully saturated rings. The molecule has 7 nitrogen and oxygen atoms in total. The van der Waals surface area contributed by atoms with Gasteiger partial charge in [0.05, 0.1) is 13.2 Å². The van der Waals surface area contributed by atoms with Crippen LogP contribution in [0.15, 0.2) is 47.2 Å². The minimum atomic E-state index is 0.231. The third kappa shape index (κ3) is 3.81. The van der Waals surface area contributed by atoms with Crippen molar-refractivity contribution in [1.29, 1.82) is 0 Å². The summed E-state index contributed by atoms with van der Waals surface area (Å²) in [7, 11) is 0. The van der Waals surface area contributed by atoms with Crippen molar-refractivity contribution < 1.29 is 9.47 Å². The van der Waals surface area contributed by atoms with E-state index in [2.05, 4.69) is 33.6 Å². The first-order valence-corrected chi connectivity index (χ1v) is 10.6. The Hall–Kier alpha value is -2.97. The zero-order valence-electron chi connectivity index (χ0n) is 16.0. The Balaban J connectivity index is 1.36. The molecule has 0 amide bonds. The first kappa shape index (κ1) is 18.1. The lowest BCUT2D eigenvalue weighted by molar-refractivity contribution is 0.0253. The van der Waals surface area contributed by atoms with Crippen molar-refractivity contribution in [2.45, 2.75) is 25.9 Å². The Bertz CT molecular complexity index is 1120. The monoisotopic (exact) mass is 407 g/mol. The Morgan fingerprint density at radius 1 is 1.14 bits per heavy atom. The molecule has 0 saturated carbocycles. The van der Waals surface area contributed by atoms with Crippen molar-refractivity contribution >= 4 is 28.5 Å². The maximum atomic E-state index is 6.15. The van der Waals surface area contributed by atoms with Crippen molar-refractivity contribution in [2.75, 3.05) is 18.5 Å². The summed E-state index contributed by atoms with van der Waals surface area (Å²) in [6.45, 7) is 3.60. The number of nitrogens with one attached hydrogen (secondary N) is 1. The minimum absolute atomic E-state index is 0.231. The van der Waals surface area contributed by atoms with Crippen LogP contribution in [-0.4, -0.2) is 39.1 Å². The van der Waals surface area contributed by atoms with Crippen LogP contribution in [0.5, 0.6) is 5.75 Å². The van der Waals surface area contributed by atoms with E-state index in [4.69, 9.17) is 9.47 Å². The van der Waals surface area contributed by atoms with Crippen LogP contribution in [0.3, 0.4) is 0 Å². The van der Waals surface area contributed by atoms with E-state index in [1.54, 1.807) is 15.9 Å². The number of rotatable bonds is 5. The molecule has 1 aliphatic heterocycles. The standard InChI is InChI=1S/C21H21N5O2S/c1-14-12-16(2-3-18(14)28-17-6-9-27-10-7-17)22-19-4-5-20-23-24-21(26(20)25-19)15-8-11-29-13-15/h2-5,8,11-13,17H,6-7,9-10H2,1H3,(H,22,25). The molecule has 0 atom stereocenters. The van der Waals surface area contributed by atoms with Gasteiger partial charge in [0, 0.05) is 29.5 Å². The number of anilines is 2. The molecule has 0 radical (unpaired) electrons. The molecule has 3 aromatic heterocycles. The molecule has 0 unspecified atom stereocenters. The maximum Gasteiger partial charge on any atom is 0.186 e. The van der Waals surface area contributed by atoms with Crippen molar-refractivity contribution in [3.05, 3.63) is 52.7 Å². The van der Waals surface area contributed by atoms with Crippen LogP contribution < -0.4 is 10.1 Å². The van der Waals surface area contributed by atoms with Crippen LogP contribution in [0.2, 0.25) is 0 Å². The van der Waals surface area contributed by atoms with Gasteiger partial charge in [-0.25, -0.2) is 0 Å². The van der Waals surface area contributed by atoms with Gasteiger partial charge in [0.25, 0.3) is 0 Å². The van der Waals surface area contributed by atoms with E-state index in [1.807, 2.05) is 41.1 Å². The van der Waals surface area contributed by atoms with Gasteiger partial charge in [0.1, 0.15) is 11.9 Å². The fraction of sp³-hybridized carbons (Fsp3) is 0.286. The van der Waals surface area contributed by atoms with Gasteiger partial charge in [0.15, 0.2) is 17.3 Å². The van der Waals surface area contributed by atoms with Gasteiger partial charge in [0.2, 0.25) is 0 Å². The Labute approximate surface area is 172 Å². The first-order chi connectivity index (χ1) is 14.3. The summed E-state index contributed by atoms with van der Waals surface area (Å²) in [6, 6.07) is 11.9. The molecule has 0 spiro atoms. The quantitative estimate of drug-likeness (QED) is 0.526. The molecule has 148 valence electrons. The normalized spacial score (nSPS) is 14.9. The van der Waals surface area contributed by atoms with E-state index in [9.17, 15) is 0 Å². The van der Waals surface area contributed by atoms with Crippen molar-refractivity contribution in [3.8, 4) is 17.1 Å². The Morgan fingerprint density at radius 3 is 2.83 bits per heavy atom. The van der Waals surface area contributed by atoms with E-state index in [1.165, 1.54) is 0 Å². The molecule has 0 aliphatic carbocycles. The minimum Gasteiger partial charge on any atom is -0.490 e. The van der Waals surface area contributed by atoms with Crippen LogP contribution >= 0.6 is 11.3 Å². The van der Waals surface area contributed by atoms with Gasteiger partial charge in [-0.3, -0.25) is 0 Å². The third-order valence-corrected chi connectivity index (χ3v) is 5.63. The second-order valence-electron chi connectivity index (χ2n) is 7.06. The number of aryl methyl sites for hydroxylation is 1. The number of benzene rings is 1. The highest BCUT2D eigenvalue weighted by molar-refractivity contribution is 7.08. The Morgan fingerprint density at radius 2 is 2.03 bits per heavy atom. The zero-order valence-corrected chi connectivity index (χ0v) is 16.9. The molecular formula is C21H21N5O2S. The topological polar surface area (TPSA) is 73.6 Å². The van der Waals surface area contributed by atoms with Gasteiger partial charge in [-0.05, 0) is 54.3 Å². The smallest absolute Gasteiger partial charge is 0.186 e. The highest BCUT2D eigenvalue weighted by atomic mass is 32.1. The summed E-state index contributed by atoms with van der Waals surface area (Å²) < 4.78 is 13.3. The predicted molar refractivity (Wildman–Crippen MR) is 113 cm³/mol. The lowest BCUT2D eigenvalue weighted by Crippen LogP contribution is -2.26. The molecule has 4 heterocycles. The maximum absolute atomic E-state index is 6.15. The summed E-state index contributed by atoms with van der Waals surface area (Å²) in [5.74, 6) is 2.39. The summed E-state index contributed by atoms with van der Waals surface area (Å²) in [6.07, 6.45) is 2.11. The summed E-state index contributed by atoms with van der Waals surface area (Å²) in [5, 5.41) is 20.6. The number of nitrogens with zero attached hydrogens (tertiary/aromatic N) is 4. The molecule has 8 heteroatoms. The summed E-state index contributed by atoms with van der Waals surface area (Å²) in [4.78, 5) is 0. The second-order valence-corrected chi connectivity index (χ2v) is 7.84. The molecule has 0 bridgehead atoms. The van der Waals surface area contributed by atoms with Gasteiger partial charge in [-0.1, -0.05) is 0 Å². The number of ether oxygens (including phenoxy) is 2. The molecule has 1 N–H and O–H groups in total. The van der Waals surface area contributed by atoms with E-state index in [0.717, 1.165) is 60.3 Å². The first-order valence-electron chi connectivity index (χ1n) is 9.63. The van der Waals surface area contributed by atoms with Crippen LogP contribution in [-0.2, 0) is 4.74 Å². The molecular weight excluding hydrogens is 386 g/mol. The second kappa shape index (κ2) is 7.81.